The first-order valence-corrected chi connectivity index (χ1v) is 10.4. The Morgan fingerprint density at radius 2 is 1.73 bits per heavy atom. The van der Waals surface area contributed by atoms with Crippen LogP contribution in [0.5, 0.6) is 5.75 Å². The Morgan fingerprint density at radius 1 is 1.10 bits per heavy atom. The van der Waals surface area contributed by atoms with Crippen LogP contribution in [-0.4, -0.2) is 38.7 Å². The van der Waals surface area contributed by atoms with Gasteiger partial charge >= 0.3 is 12.0 Å². The van der Waals surface area contributed by atoms with Crippen LogP contribution >= 0.6 is 0 Å². The van der Waals surface area contributed by atoms with Crippen LogP contribution in [0.4, 0.5) is 16.2 Å². The number of carbonyl (C=O) groups excluding carboxylic acids is 1. The van der Waals surface area contributed by atoms with Crippen molar-refractivity contribution in [3.63, 3.8) is 0 Å². The summed E-state index contributed by atoms with van der Waals surface area (Å²) >= 11 is 0. The van der Waals surface area contributed by atoms with Gasteiger partial charge in [-0.25, -0.2) is 18.0 Å². The number of carboxylic acids is 1. The highest BCUT2D eigenvalue weighted by Crippen LogP contribution is 2.30. The van der Waals surface area contributed by atoms with E-state index in [1.54, 1.807) is 38.1 Å². The summed E-state index contributed by atoms with van der Waals surface area (Å²) in [5.41, 5.74) is 1.70. The summed E-state index contributed by atoms with van der Waals surface area (Å²) in [6.07, 6.45) is 1.54. The van der Waals surface area contributed by atoms with Crippen molar-refractivity contribution in [2.24, 2.45) is 0 Å². The number of aryl methyl sites for hydroxylation is 1. The van der Waals surface area contributed by atoms with Crippen LogP contribution in [0, 0.1) is 13.8 Å². The average molecular weight is 433 g/mol. The zero-order valence-electron chi connectivity index (χ0n) is 16.6. The molecule has 0 unspecified atom stereocenters. The maximum absolute atomic E-state index is 12.8. The van der Waals surface area contributed by atoms with Crippen molar-refractivity contribution in [1.29, 1.82) is 0 Å². The molecular formula is C20H23N3O6S. The Bertz CT molecular complexity index is 1050. The molecule has 30 heavy (non-hydrogen) atoms. The lowest BCUT2D eigenvalue weighted by atomic mass is 10.1. The van der Waals surface area contributed by atoms with Crippen LogP contribution in [0.3, 0.4) is 0 Å². The Balaban J connectivity index is 2.18. The van der Waals surface area contributed by atoms with Crippen LogP contribution in [0.1, 0.15) is 11.1 Å². The molecule has 0 atom stereocenters. The molecule has 0 spiro atoms. The van der Waals surface area contributed by atoms with Gasteiger partial charge < -0.3 is 20.5 Å². The molecule has 2 aromatic rings. The highest BCUT2D eigenvalue weighted by Gasteiger charge is 2.21. The maximum atomic E-state index is 12.8. The smallest absolute Gasteiger partial charge is 0.341 e. The molecule has 0 aliphatic rings. The summed E-state index contributed by atoms with van der Waals surface area (Å²) in [6.45, 7) is 6.49. The minimum atomic E-state index is -3.96. The topological polar surface area (TPSA) is 134 Å². The number of aliphatic carboxylic acids is 1. The number of carboxylic acid groups (broad SMARTS) is 1. The molecule has 2 aromatic carbocycles. The Labute approximate surface area is 174 Å². The number of sulfonamides is 1. The van der Waals surface area contributed by atoms with Gasteiger partial charge in [-0.2, -0.15) is 0 Å². The van der Waals surface area contributed by atoms with Crippen molar-refractivity contribution in [3.8, 4) is 5.75 Å². The van der Waals surface area contributed by atoms with Crippen molar-refractivity contribution < 1.29 is 27.9 Å². The Kier molecular flexibility index (Phi) is 7.43. The molecule has 9 nitrogen and oxygen atoms in total. The lowest BCUT2D eigenvalue weighted by Gasteiger charge is -2.16. The van der Waals surface area contributed by atoms with Gasteiger partial charge in [0.05, 0.1) is 4.90 Å². The van der Waals surface area contributed by atoms with Crippen molar-refractivity contribution in [2.45, 2.75) is 18.7 Å². The van der Waals surface area contributed by atoms with E-state index in [4.69, 9.17) is 9.84 Å². The number of anilines is 2. The van der Waals surface area contributed by atoms with Gasteiger partial charge in [0.2, 0.25) is 0 Å². The fraction of sp³-hybridized carbons (Fsp3) is 0.200. The first kappa shape index (κ1) is 22.8. The van der Waals surface area contributed by atoms with Crippen molar-refractivity contribution in [2.75, 3.05) is 23.2 Å². The van der Waals surface area contributed by atoms with Gasteiger partial charge in [-0.05, 0) is 49.7 Å². The Morgan fingerprint density at radius 3 is 2.33 bits per heavy atom. The number of ether oxygens (including phenoxy) is 1. The maximum Gasteiger partial charge on any atom is 0.341 e. The molecule has 4 N–H and O–H groups in total. The standard InChI is InChI=1S/C20H23N3O6S/c1-4-11-21-20(26)22-15-6-8-16(9-7-15)23-30(27,28)17-10-5-13(2)19(14(17)3)29-12-18(24)25/h4-10,23H,1,11-12H2,2-3H3,(H,24,25)(H2,21,22,26). The summed E-state index contributed by atoms with van der Waals surface area (Å²) in [5, 5.41) is 14.0. The molecule has 0 aliphatic heterocycles. The number of amides is 2. The van der Waals surface area contributed by atoms with E-state index in [1.165, 1.54) is 18.2 Å². The molecule has 0 saturated heterocycles. The summed E-state index contributed by atoms with van der Waals surface area (Å²) in [5.74, 6) is -0.947. The molecule has 0 aliphatic carbocycles. The van der Waals surface area contributed by atoms with E-state index < -0.39 is 28.6 Å². The zero-order chi connectivity index (χ0) is 22.3. The second-order valence-corrected chi connectivity index (χ2v) is 7.97. The van der Waals surface area contributed by atoms with Gasteiger partial charge in [0.15, 0.2) is 6.61 Å². The van der Waals surface area contributed by atoms with Gasteiger partial charge in [-0.3, -0.25) is 4.72 Å². The van der Waals surface area contributed by atoms with Crippen LogP contribution in [0.15, 0.2) is 53.9 Å². The molecule has 2 rings (SSSR count). The molecular weight excluding hydrogens is 410 g/mol. The lowest BCUT2D eigenvalue weighted by molar-refractivity contribution is -0.139. The van der Waals surface area contributed by atoms with Crippen LogP contribution in [0.2, 0.25) is 0 Å². The SMILES string of the molecule is C=CCNC(=O)Nc1ccc(NS(=O)(=O)c2ccc(C)c(OCC(=O)O)c2C)cc1. The third-order valence-electron chi connectivity index (χ3n) is 3.98. The first-order valence-electron chi connectivity index (χ1n) is 8.87. The number of hydrogen-bond donors (Lipinski definition) is 4. The second kappa shape index (κ2) is 9.79. The van der Waals surface area contributed by atoms with Crippen LogP contribution < -0.4 is 20.1 Å². The second-order valence-electron chi connectivity index (χ2n) is 6.32. The number of hydrogen-bond acceptors (Lipinski definition) is 5. The van der Waals surface area contributed by atoms with E-state index in [9.17, 15) is 18.0 Å². The Hall–Kier alpha value is -3.53. The number of rotatable bonds is 9. The average Bonchev–Trinajstić information content (AvgIpc) is 2.67. The predicted molar refractivity (Wildman–Crippen MR) is 114 cm³/mol. The fourth-order valence-electron chi connectivity index (χ4n) is 2.63. The van der Waals surface area contributed by atoms with Crippen molar-refractivity contribution >= 4 is 33.4 Å². The summed E-state index contributed by atoms with van der Waals surface area (Å²) < 4.78 is 33.4. The highest BCUT2D eigenvalue weighted by molar-refractivity contribution is 7.92. The number of benzene rings is 2. The van der Waals surface area contributed by atoms with E-state index in [0.29, 0.717) is 29.0 Å². The number of urea groups is 1. The van der Waals surface area contributed by atoms with Crippen molar-refractivity contribution in [3.05, 3.63) is 60.2 Å². The highest BCUT2D eigenvalue weighted by atomic mass is 32.2. The number of carbonyl (C=O) groups is 2. The summed E-state index contributed by atoms with van der Waals surface area (Å²) in [6, 6.07) is 8.68. The molecule has 160 valence electrons. The molecule has 0 aromatic heterocycles. The van der Waals surface area contributed by atoms with Gasteiger partial charge in [-0.15, -0.1) is 6.58 Å². The normalized spacial score (nSPS) is 10.7. The van der Waals surface area contributed by atoms with Crippen molar-refractivity contribution in [1.82, 2.24) is 5.32 Å². The molecule has 0 radical (unpaired) electrons. The third-order valence-corrected chi connectivity index (χ3v) is 5.51. The quantitative estimate of drug-likeness (QED) is 0.449. The predicted octanol–water partition coefficient (Wildman–Crippen LogP) is 2.88. The van der Waals surface area contributed by atoms with Crippen LogP contribution in [-0.2, 0) is 14.8 Å². The van der Waals surface area contributed by atoms with Gasteiger partial charge in [0.1, 0.15) is 5.75 Å². The van der Waals surface area contributed by atoms with E-state index in [1.807, 2.05) is 0 Å². The van der Waals surface area contributed by atoms with E-state index in [2.05, 4.69) is 21.9 Å². The molecule has 0 heterocycles. The van der Waals surface area contributed by atoms with Gasteiger partial charge in [0.25, 0.3) is 10.0 Å². The summed E-state index contributed by atoms with van der Waals surface area (Å²) in [7, 11) is -3.96. The molecule has 0 saturated carbocycles. The number of nitrogens with one attached hydrogen (secondary N) is 3. The van der Waals surface area contributed by atoms with Gasteiger partial charge in [-0.1, -0.05) is 12.1 Å². The van der Waals surface area contributed by atoms with E-state index in [0.717, 1.165) is 0 Å². The van der Waals surface area contributed by atoms with E-state index >= 15 is 0 Å². The lowest BCUT2D eigenvalue weighted by Crippen LogP contribution is -2.28. The zero-order valence-corrected chi connectivity index (χ0v) is 17.4. The first-order chi connectivity index (χ1) is 14.1. The van der Waals surface area contributed by atoms with Gasteiger partial charge in [0, 0.05) is 23.5 Å². The third kappa shape index (κ3) is 5.98. The molecule has 0 bridgehead atoms. The molecule has 10 heteroatoms. The molecule has 0 fully saturated rings. The fourth-order valence-corrected chi connectivity index (χ4v) is 3.93. The largest absolute Gasteiger partial charge is 0.481 e. The minimum Gasteiger partial charge on any atom is -0.481 e. The minimum absolute atomic E-state index is 0.0282. The molecule has 2 amide bonds. The monoisotopic (exact) mass is 433 g/mol. The summed E-state index contributed by atoms with van der Waals surface area (Å²) in [4.78, 5) is 22.4. The van der Waals surface area contributed by atoms with Crippen LogP contribution in [0.25, 0.3) is 0 Å². The van der Waals surface area contributed by atoms with E-state index in [-0.39, 0.29) is 10.6 Å².